The van der Waals surface area contributed by atoms with Crippen LogP contribution in [0.3, 0.4) is 0 Å². The standard InChI is InChI=1S/C23H34N4O4S/c1-23(2,17-26(3)4)16-25-22(29)20-9-11-27(12-10-20)21(28)15-32(30,31)14-19-7-5-18(13-24)6-8-19/h5-8,20H,9-12,14-17H2,1-4H3,(H,25,29). The van der Waals surface area contributed by atoms with Crippen LogP contribution in [-0.2, 0) is 25.2 Å². The van der Waals surface area contributed by atoms with Crippen LogP contribution >= 0.6 is 0 Å². The highest BCUT2D eigenvalue weighted by molar-refractivity contribution is 7.91. The Morgan fingerprint density at radius 1 is 1.19 bits per heavy atom. The molecule has 1 aliphatic rings. The number of carbonyl (C=O) groups is 2. The predicted molar refractivity (Wildman–Crippen MR) is 123 cm³/mol. The Balaban J connectivity index is 1.81. The van der Waals surface area contributed by atoms with Gasteiger partial charge in [-0.25, -0.2) is 8.42 Å². The predicted octanol–water partition coefficient (Wildman–Crippen LogP) is 1.42. The zero-order valence-electron chi connectivity index (χ0n) is 19.4. The van der Waals surface area contributed by atoms with Gasteiger partial charge < -0.3 is 15.1 Å². The average Bonchev–Trinajstić information content (AvgIpc) is 2.71. The second-order valence-electron chi connectivity index (χ2n) is 9.62. The lowest BCUT2D eigenvalue weighted by molar-refractivity contribution is -0.133. The molecule has 0 aromatic heterocycles. The maximum absolute atomic E-state index is 12.5. The molecule has 1 fully saturated rings. The SMILES string of the molecule is CN(C)CC(C)(C)CNC(=O)C1CCN(C(=O)CS(=O)(=O)Cc2ccc(C#N)cc2)CC1. The second-order valence-corrected chi connectivity index (χ2v) is 11.7. The van der Waals surface area contributed by atoms with Gasteiger partial charge in [-0.1, -0.05) is 26.0 Å². The number of hydrogen-bond donors (Lipinski definition) is 1. The average molecular weight is 463 g/mol. The van der Waals surface area contributed by atoms with Crippen molar-refractivity contribution < 1.29 is 18.0 Å². The van der Waals surface area contributed by atoms with E-state index >= 15 is 0 Å². The van der Waals surface area contributed by atoms with Crippen molar-refractivity contribution in [2.75, 3.05) is 46.0 Å². The van der Waals surface area contributed by atoms with Gasteiger partial charge in [0.15, 0.2) is 9.84 Å². The molecule has 2 rings (SSSR count). The van der Waals surface area contributed by atoms with Crippen LogP contribution in [0.25, 0.3) is 0 Å². The number of nitriles is 1. The quantitative estimate of drug-likeness (QED) is 0.594. The van der Waals surface area contributed by atoms with E-state index in [1.807, 2.05) is 20.2 Å². The van der Waals surface area contributed by atoms with E-state index in [1.54, 1.807) is 24.3 Å². The first-order valence-corrected chi connectivity index (χ1v) is 12.6. The fraction of sp³-hybridized carbons (Fsp3) is 0.609. The summed E-state index contributed by atoms with van der Waals surface area (Å²) in [6.07, 6.45) is 1.06. The van der Waals surface area contributed by atoms with Gasteiger partial charge in [0, 0.05) is 32.1 Å². The van der Waals surface area contributed by atoms with Crippen molar-refractivity contribution in [3.05, 3.63) is 35.4 Å². The molecule has 9 heteroatoms. The highest BCUT2D eigenvalue weighted by atomic mass is 32.2. The van der Waals surface area contributed by atoms with Gasteiger partial charge in [-0.05, 0) is 50.0 Å². The summed E-state index contributed by atoms with van der Waals surface area (Å²) in [5.74, 6) is -1.39. The van der Waals surface area contributed by atoms with Gasteiger partial charge in [0.1, 0.15) is 5.75 Å². The van der Waals surface area contributed by atoms with Gasteiger partial charge >= 0.3 is 0 Å². The smallest absolute Gasteiger partial charge is 0.237 e. The third-order valence-corrected chi connectivity index (χ3v) is 6.98. The summed E-state index contributed by atoms with van der Waals surface area (Å²) in [5.41, 5.74) is 0.957. The Morgan fingerprint density at radius 3 is 2.31 bits per heavy atom. The summed E-state index contributed by atoms with van der Waals surface area (Å²) in [6, 6.07) is 8.28. The number of nitrogens with zero attached hydrogens (tertiary/aromatic N) is 3. The Bertz CT molecular complexity index is 941. The summed E-state index contributed by atoms with van der Waals surface area (Å²) in [7, 11) is 0.377. The van der Waals surface area contributed by atoms with Crippen LogP contribution < -0.4 is 5.32 Å². The van der Waals surface area contributed by atoms with Gasteiger partial charge in [0.2, 0.25) is 11.8 Å². The Morgan fingerprint density at radius 2 is 1.78 bits per heavy atom. The first-order chi connectivity index (χ1) is 14.9. The van der Waals surface area contributed by atoms with Crippen LogP contribution in [-0.4, -0.2) is 76.1 Å². The molecule has 176 valence electrons. The minimum atomic E-state index is -3.63. The molecule has 2 amide bonds. The first-order valence-electron chi connectivity index (χ1n) is 10.8. The third kappa shape index (κ3) is 8.24. The Labute approximate surface area is 191 Å². The van der Waals surface area contributed by atoms with E-state index in [0.29, 0.717) is 43.6 Å². The number of hydrogen-bond acceptors (Lipinski definition) is 6. The Hall–Kier alpha value is -2.44. The summed E-state index contributed by atoms with van der Waals surface area (Å²) in [6.45, 7) is 6.41. The van der Waals surface area contributed by atoms with Crippen molar-refractivity contribution in [3.63, 3.8) is 0 Å². The van der Waals surface area contributed by atoms with Gasteiger partial charge in [0.05, 0.1) is 17.4 Å². The molecular formula is C23H34N4O4S. The largest absolute Gasteiger partial charge is 0.355 e. The van der Waals surface area contributed by atoms with Crippen LogP contribution in [0, 0.1) is 22.7 Å². The van der Waals surface area contributed by atoms with E-state index < -0.39 is 21.5 Å². The highest BCUT2D eigenvalue weighted by Gasteiger charge is 2.30. The molecule has 8 nitrogen and oxygen atoms in total. The number of amides is 2. The topological polar surface area (TPSA) is 111 Å². The third-order valence-electron chi connectivity index (χ3n) is 5.52. The minimum Gasteiger partial charge on any atom is -0.355 e. The number of piperidine rings is 1. The molecule has 0 unspecified atom stereocenters. The van der Waals surface area contributed by atoms with Crippen LogP contribution in [0.5, 0.6) is 0 Å². The summed E-state index contributed by atoms with van der Waals surface area (Å²) in [4.78, 5) is 28.7. The van der Waals surface area contributed by atoms with Crippen LogP contribution in [0.15, 0.2) is 24.3 Å². The molecule has 0 spiro atoms. The van der Waals surface area contributed by atoms with Crippen molar-refractivity contribution in [2.45, 2.75) is 32.4 Å². The molecule has 0 atom stereocenters. The maximum Gasteiger partial charge on any atom is 0.237 e. The molecule has 1 aliphatic heterocycles. The molecule has 0 radical (unpaired) electrons. The number of sulfone groups is 1. The molecular weight excluding hydrogens is 428 g/mol. The number of rotatable bonds is 9. The fourth-order valence-corrected chi connectivity index (χ4v) is 5.39. The fourth-order valence-electron chi connectivity index (χ4n) is 4.03. The lowest BCUT2D eigenvalue weighted by Crippen LogP contribution is -2.47. The number of nitrogens with one attached hydrogen (secondary N) is 1. The van der Waals surface area contributed by atoms with Crippen molar-refractivity contribution in [3.8, 4) is 6.07 Å². The highest BCUT2D eigenvalue weighted by Crippen LogP contribution is 2.20. The summed E-state index contributed by atoms with van der Waals surface area (Å²) in [5, 5.41) is 11.9. The van der Waals surface area contributed by atoms with Crippen LogP contribution in [0.1, 0.15) is 37.8 Å². The maximum atomic E-state index is 12.5. The number of likely N-dealkylation sites (tertiary alicyclic amines) is 1. The van der Waals surface area contributed by atoms with Gasteiger partial charge in [0.25, 0.3) is 0 Å². The number of carbonyl (C=O) groups excluding carboxylic acids is 2. The van der Waals surface area contributed by atoms with E-state index in [-0.39, 0.29) is 23.0 Å². The molecule has 1 aromatic rings. The van der Waals surface area contributed by atoms with E-state index in [0.717, 1.165) is 6.54 Å². The second kappa shape index (κ2) is 10.9. The van der Waals surface area contributed by atoms with Crippen molar-refractivity contribution in [1.29, 1.82) is 5.26 Å². The van der Waals surface area contributed by atoms with Gasteiger partial charge in [-0.15, -0.1) is 0 Å². The monoisotopic (exact) mass is 462 g/mol. The Kier molecular flexibility index (Phi) is 8.81. The molecule has 1 heterocycles. The van der Waals surface area contributed by atoms with Crippen molar-refractivity contribution in [2.24, 2.45) is 11.3 Å². The lowest BCUT2D eigenvalue weighted by atomic mass is 9.91. The zero-order valence-corrected chi connectivity index (χ0v) is 20.2. The molecule has 0 saturated carbocycles. The van der Waals surface area contributed by atoms with E-state index in [1.165, 1.54) is 4.90 Å². The van der Waals surface area contributed by atoms with Crippen molar-refractivity contribution >= 4 is 21.7 Å². The zero-order chi connectivity index (χ0) is 23.9. The lowest BCUT2D eigenvalue weighted by Gasteiger charge is -2.33. The van der Waals surface area contributed by atoms with E-state index in [2.05, 4.69) is 24.1 Å². The molecule has 1 saturated heterocycles. The first kappa shape index (κ1) is 25.8. The van der Waals surface area contributed by atoms with E-state index in [9.17, 15) is 18.0 Å². The van der Waals surface area contributed by atoms with E-state index in [4.69, 9.17) is 5.26 Å². The van der Waals surface area contributed by atoms with Crippen LogP contribution in [0.2, 0.25) is 0 Å². The molecule has 0 bridgehead atoms. The molecule has 0 aliphatic carbocycles. The van der Waals surface area contributed by atoms with Gasteiger partial charge in [-0.2, -0.15) is 5.26 Å². The molecule has 1 N–H and O–H groups in total. The minimum absolute atomic E-state index is 0.00244. The molecule has 32 heavy (non-hydrogen) atoms. The summed E-state index contributed by atoms with van der Waals surface area (Å²) >= 11 is 0. The summed E-state index contributed by atoms with van der Waals surface area (Å²) < 4.78 is 24.9. The van der Waals surface area contributed by atoms with Gasteiger partial charge in [-0.3, -0.25) is 9.59 Å². The van der Waals surface area contributed by atoms with Crippen molar-refractivity contribution in [1.82, 2.24) is 15.1 Å². The molecule has 1 aromatic carbocycles. The number of benzene rings is 1. The van der Waals surface area contributed by atoms with Crippen LogP contribution in [0.4, 0.5) is 0 Å². The normalized spacial score (nSPS) is 15.4.